The quantitative estimate of drug-likeness (QED) is 0.409. The first kappa shape index (κ1) is 20.5. The lowest BCUT2D eigenvalue weighted by Gasteiger charge is -2.36. The third-order valence-electron chi connectivity index (χ3n) is 4.12. The average molecular weight is 452 g/mol. The Balaban J connectivity index is 0.00000264. The van der Waals surface area contributed by atoms with E-state index in [-0.39, 0.29) is 29.4 Å². The Kier molecular flexibility index (Phi) is 9.24. The zero-order valence-electron chi connectivity index (χ0n) is 13.9. The van der Waals surface area contributed by atoms with Gasteiger partial charge in [-0.2, -0.15) is 0 Å². The van der Waals surface area contributed by atoms with Gasteiger partial charge in [-0.3, -0.25) is 4.99 Å². The first-order valence-electron chi connectivity index (χ1n) is 8.06. The van der Waals surface area contributed by atoms with E-state index in [0.29, 0.717) is 0 Å². The van der Waals surface area contributed by atoms with Gasteiger partial charge in [0.2, 0.25) is 0 Å². The minimum absolute atomic E-state index is 0. The van der Waals surface area contributed by atoms with Gasteiger partial charge in [0.05, 0.1) is 6.54 Å². The van der Waals surface area contributed by atoms with Crippen LogP contribution in [0.3, 0.4) is 0 Å². The fourth-order valence-electron chi connectivity index (χ4n) is 2.86. The molecule has 6 heteroatoms. The molecule has 1 heterocycles. The molecule has 0 atom stereocenters. The molecule has 1 aliphatic heterocycles. The second kappa shape index (κ2) is 10.4. The monoisotopic (exact) mass is 451 g/mol. The van der Waals surface area contributed by atoms with E-state index in [1.165, 1.54) is 5.56 Å². The van der Waals surface area contributed by atoms with Crippen molar-refractivity contribution in [3.8, 4) is 0 Å². The molecule has 0 bridgehead atoms. The molecule has 130 valence electrons. The summed E-state index contributed by atoms with van der Waals surface area (Å²) in [6, 6.07) is 8.17. The fraction of sp³-hybridized carbons (Fsp3) is 0.588. The number of guanidine groups is 1. The van der Waals surface area contributed by atoms with E-state index in [1.807, 2.05) is 12.1 Å². The molecular weight excluding hydrogens is 425 g/mol. The van der Waals surface area contributed by atoms with Gasteiger partial charge in [0.25, 0.3) is 0 Å². The van der Waals surface area contributed by atoms with Crippen molar-refractivity contribution >= 4 is 41.5 Å². The molecule has 1 saturated heterocycles. The number of benzene rings is 1. The van der Waals surface area contributed by atoms with E-state index < -0.39 is 0 Å². The second-order valence-electron chi connectivity index (χ2n) is 5.63. The highest BCUT2D eigenvalue weighted by Crippen LogP contribution is 2.36. The largest absolute Gasteiger partial charge is 0.381 e. The molecule has 0 amide bonds. The maximum Gasteiger partial charge on any atom is 0.191 e. The van der Waals surface area contributed by atoms with Crippen molar-refractivity contribution in [3.63, 3.8) is 0 Å². The van der Waals surface area contributed by atoms with Crippen molar-refractivity contribution in [2.45, 2.75) is 32.1 Å². The predicted molar refractivity (Wildman–Crippen MR) is 108 cm³/mol. The van der Waals surface area contributed by atoms with Crippen LogP contribution in [0.4, 0.5) is 0 Å². The van der Waals surface area contributed by atoms with E-state index in [0.717, 1.165) is 56.7 Å². The Morgan fingerprint density at radius 2 is 1.87 bits per heavy atom. The van der Waals surface area contributed by atoms with Gasteiger partial charge >= 0.3 is 0 Å². The highest BCUT2D eigenvalue weighted by Gasteiger charge is 2.34. The van der Waals surface area contributed by atoms with Crippen molar-refractivity contribution in [2.75, 3.05) is 32.8 Å². The number of aliphatic imine (C=N–C) groups is 1. The van der Waals surface area contributed by atoms with Crippen LogP contribution >= 0.6 is 35.6 Å². The Bertz CT molecular complexity index is 496. The molecule has 0 saturated carbocycles. The van der Waals surface area contributed by atoms with Crippen molar-refractivity contribution in [3.05, 3.63) is 34.9 Å². The Morgan fingerprint density at radius 3 is 2.43 bits per heavy atom. The maximum atomic E-state index is 6.20. The van der Waals surface area contributed by atoms with Crippen LogP contribution < -0.4 is 10.6 Å². The van der Waals surface area contributed by atoms with Gasteiger partial charge < -0.3 is 15.4 Å². The van der Waals surface area contributed by atoms with Gasteiger partial charge in [0.1, 0.15) is 0 Å². The standard InChI is InChI=1S/C17H26ClN3O.HI/c1-3-19-16(20-4-2)21-13-17(8-10-22-11-9-17)14-6-5-7-15(18)12-14;/h5-7,12H,3-4,8-11,13H2,1-2H3,(H2,19,20,21);1H. The van der Waals surface area contributed by atoms with Gasteiger partial charge in [0, 0.05) is 36.7 Å². The summed E-state index contributed by atoms with van der Waals surface area (Å²) in [5.41, 5.74) is 1.28. The van der Waals surface area contributed by atoms with E-state index in [9.17, 15) is 0 Å². The predicted octanol–water partition coefficient (Wildman–Crippen LogP) is 3.58. The van der Waals surface area contributed by atoms with Crippen LogP contribution in [-0.4, -0.2) is 38.8 Å². The maximum absolute atomic E-state index is 6.20. The van der Waals surface area contributed by atoms with Gasteiger partial charge in [-0.05, 0) is 44.4 Å². The van der Waals surface area contributed by atoms with E-state index in [1.54, 1.807) is 0 Å². The molecule has 4 nitrogen and oxygen atoms in total. The Morgan fingerprint density at radius 1 is 1.22 bits per heavy atom. The van der Waals surface area contributed by atoms with Crippen LogP contribution in [0.2, 0.25) is 5.02 Å². The third-order valence-corrected chi connectivity index (χ3v) is 4.35. The molecule has 0 radical (unpaired) electrons. The molecule has 0 unspecified atom stereocenters. The van der Waals surface area contributed by atoms with Crippen LogP contribution in [0.1, 0.15) is 32.3 Å². The summed E-state index contributed by atoms with van der Waals surface area (Å²) in [6.07, 6.45) is 1.95. The first-order valence-corrected chi connectivity index (χ1v) is 8.44. The number of rotatable bonds is 5. The Hall–Kier alpha value is -0.530. The molecule has 1 aliphatic rings. The van der Waals surface area contributed by atoms with Crippen LogP contribution in [0, 0.1) is 0 Å². The lowest BCUT2D eigenvalue weighted by molar-refractivity contribution is 0.0531. The molecule has 0 spiro atoms. The average Bonchev–Trinajstić information content (AvgIpc) is 2.54. The SMILES string of the molecule is CCNC(=NCC1(c2cccc(Cl)c2)CCOCC1)NCC.I. The molecular formula is C17H27ClIN3O. The summed E-state index contributed by atoms with van der Waals surface area (Å²) in [5.74, 6) is 0.873. The number of hydrogen-bond donors (Lipinski definition) is 2. The molecule has 1 aromatic rings. The third kappa shape index (κ3) is 5.80. The molecule has 1 aromatic carbocycles. The number of nitrogens with one attached hydrogen (secondary N) is 2. The summed E-state index contributed by atoms with van der Waals surface area (Å²) >= 11 is 6.20. The van der Waals surface area contributed by atoms with Crippen LogP contribution in [-0.2, 0) is 10.2 Å². The molecule has 0 aliphatic carbocycles. The smallest absolute Gasteiger partial charge is 0.191 e. The fourth-order valence-corrected chi connectivity index (χ4v) is 3.05. The van der Waals surface area contributed by atoms with E-state index in [2.05, 4.69) is 36.6 Å². The van der Waals surface area contributed by atoms with E-state index >= 15 is 0 Å². The zero-order valence-corrected chi connectivity index (χ0v) is 17.0. The van der Waals surface area contributed by atoms with Crippen LogP contribution in [0.25, 0.3) is 0 Å². The number of ether oxygens (including phenoxy) is 1. The summed E-state index contributed by atoms with van der Waals surface area (Å²) < 4.78 is 5.57. The van der Waals surface area contributed by atoms with Crippen molar-refractivity contribution in [2.24, 2.45) is 4.99 Å². The zero-order chi connectivity index (χ0) is 15.8. The summed E-state index contributed by atoms with van der Waals surface area (Å²) in [6.45, 7) is 8.17. The lowest BCUT2D eigenvalue weighted by atomic mass is 9.74. The summed E-state index contributed by atoms with van der Waals surface area (Å²) in [4.78, 5) is 4.80. The number of halogens is 2. The van der Waals surface area contributed by atoms with Gasteiger partial charge in [0.15, 0.2) is 5.96 Å². The van der Waals surface area contributed by atoms with E-state index in [4.69, 9.17) is 21.3 Å². The normalized spacial score (nSPS) is 16.1. The van der Waals surface area contributed by atoms with Gasteiger partial charge in [-0.15, -0.1) is 24.0 Å². The molecule has 23 heavy (non-hydrogen) atoms. The number of hydrogen-bond acceptors (Lipinski definition) is 2. The second-order valence-corrected chi connectivity index (χ2v) is 6.06. The van der Waals surface area contributed by atoms with Crippen molar-refractivity contribution in [1.82, 2.24) is 10.6 Å². The highest BCUT2D eigenvalue weighted by atomic mass is 127. The van der Waals surface area contributed by atoms with Gasteiger partial charge in [-0.1, -0.05) is 23.7 Å². The van der Waals surface area contributed by atoms with Crippen molar-refractivity contribution < 1.29 is 4.74 Å². The summed E-state index contributed by atoms with van der Waals surface area (Å²) in [7, 11) is 0. The lowest BCUT2D eigenvalue weighted by Crippen LogP contribution is -2.41. The topological polar surface area (TPSA) is 45.7 Å². The Labute approximate surface area is 161 Å². The molecule has 1 fully saturated rings. The highest BCUT2D eigenvalue weighted by molar-refractivity contribution is 14.0. The number of nitrogens with zero attached hydrogens (tertiary/aromatic N) is 1. The first-order chi connectivity index (χ1) is 10.7. The molecule has 0 aromatic heterocycles. The van der Waals surface area contributed by atoms with Crippen LogP contribution in [0.5, 0.6) is 0 Å². The minimum atomic E-state index is 0. The summed E-state index contributed by atoms with van der Waals surface area (Å²) in [5, 5.41) is 7.35. The minimum Gasteiger partial charge on any atom is -0.381 e. The van der Waals surface area contributed by atoms with Crippen LogP contribution in [0.15, 0.2) is 29.3 Å². The van der Waals surface area contributed by atoms with Crippen molar-refractivity contribution in [1.29, 1.82) is 0 Å². The van der Waals surface area contributed by atoms with Gasteiger partial charge in [-0.25, -0.2) is 0 Å². The molecule has 2 N–H and O–H groups in total. The molecule has 2 rings (SSSR count).